The molecular weight excluding hydrogens is 274 g/mol. The molecule has 4 nitrogen and oxygen atoms in total. The molecule has 0 bridgehead atoms. The largest absolute Gasteiger partial charge is 0.350 e. The van der Waals surface area contributed by atoms with Crippen molar-refractivity contribution < 1.29 is 4.79 Å². The van der Waals surface area contributed by atoms with Crippen LogP contribution in [-0.2, 0) is 4.79 Å². The van der Waals surface area contributed by atoms with Crippen LogP contribution < -0.4 is 5.32 Å². The lowest BCUT2D eigenvalue weighted by atomic mass is 10.0. The standard InChI is InChI=1S/C18H21N3O/c1-14(20-18(22)13-15-5-2-3-6-15)16-7-9-17(10-8-16)21-12-4-11-19-21/h2,4-5,7-12,14-15H,3,6,13H2,1H3,(H,20,22)/t14-,15-/m1/s1. The van der Waals surface area contributed by atoms with Crippen LogP contribution >= 0.6 is 0 Å². The molecule has 0 aliphatic heterocycles. The summed E-state index contributed by atoms with van der Waals surface area (Å²) in [6.07, 6.45) is 10.8. The van der Waals surface area contributed by atoms with Gasteiger partial charge in [-0.05, 0) is 49.4 Å². The maximum absolute atomic E-state index is 12.1. The van der Waals surface area contributed by atoms with Gasteiger partial charge in [0.2, 0.25) is 5.91 Å². The molecule has 3 rings (SSSR count). The quantitative estimate of drug-likeness (QED) is 0.859. The number of hydrogen-bond donors (Lipinski definition) is 1. The monoisotopic (exact) mass is 295 g/mol. The van der Waals surface area contributed by atoms with Crippen molar-refractivity contribution in [1.29, 1.82) is 0 Å². The van der Waals surface area contributed by atoms with Crippen molar-refractivity contribution in [1.82, 2.24) is 15.1 Å². The van der Waals surface area contributed by atoms with E-state index in [2.05, 4.69) is 22.6 Å². The third-order valence-electron chi connectivity index (χ3n) is 4.10. The fourth-order valence-corrected chi connectivity index (χ4v) is 2.82. The molecule has 1 aromatic carbocycles. The van der Waals surface area contributed by atoms with Crippen LogP contribution in [0.3, 0.4) is 0 Å². The average molecular weight is 295 g/mol. The van der Waals surface area contributed by atoms with Crippen LogP contribution in [-0.4, -0.2) is 15.7 Å². The number of carbonyl (C=O) groups excluding carboxylic acids is 1. The summed E-state index contributed by atoms with van der Waals surface area (Å²) in [7, 11) is 0. The van der Waals surface area contributed by atoms with Crippen LogP contribution in [0.2, 0.25) is 0 Å². The predicted octanol–water partition coefficient (Wildman–Crippen LogP) is 3.41. The highest BCUT2D eigenvalue weighted by atomic mass is 16.1. The number of amides is 1. The Labute approximate surface area is 130 Å². The third-order valence-corrected chi connectivity index (χ3v) is 4.10. The Morgan fingerprint density at radius 2 is 2.23 bits per heavy atom. The van der Waals surface area contributed by atoms with Gasteiger partial charge in [0.15, 0.2) is 0 Å². The summed E-state index contributed by atoms with van der Waals surface area (Å²) in [4.78, 5) is 12.1. The Morgan fingerprint density at radius 1 is 1.41 bits per heavy atom. The average Bonchev–Trinajstić information content (AvgIpc) is 3.20. The summed E-state index contributed by atoms with van der Waals surface area (Å²) < 4.78 is 1.82. The van der Waals surface area contributed by atoms with Crippen molar-refractivity contribution in [2.75, 3.05) is 0 Å². The van der Waals surface area contributed by atoms with Gasteiger partial charge in [-0.2, -0.15) is 5.10 Å². The molecule has 1 aliphatic rings. The number of rotatable bonds is 5. The molecule has 0 unspecified atom stereocenters. The SMILES string of the molecule is C[C@@H](NC(=O)C[C@@H]1C=CCC1)c1ccc(-n2cccn2)cc1. The molecular formula is C18H21N3O. The molecule has 2 aromatic rings. The second kappa shape index (κ2) is 6.60. The Hall–Kier alpha value is -2.36. The van der Waals surface area contributed by atoms with Gasteiger partial charge < -0.3 is 5.32 Å². The number of nitrogens with one attached hydrogen (secondary N) is 1. The Balaban J connectivity index is 1.58. The Morgan fingerprint density at radius 3 is 2.86 bits per heavy atom. The van der Waals surface area contributed by atoms with Crippen molar-refractivity contribution in [2.45, 2.75) is 32.2 Å². The minimum Gasteiger partial charge on any atom is -0.350 e. The topological polar surface area (TPSA) is 46.9 Å². The van der Waals surface area contributed by atoms with Gasteiger partial charge >= 0.3 is 0 Å². The minimum atomic E-state index is 0.0181. The number of allylic oxidation sites excluding steroid dienone is 2. The zero-order valence-electron chi connectivity index (χ0n) is 12.8. The molecule has 1 aromatic heterocycles. The molecule has 0 fully saturated rings. The zero-order valence-corrected chi connectivity index (χ0v) is 12.8. The minimum absolute atomic E-state index is 0.0181. The summed E-state index contributed by atoms with van der Waals surface area (Å²) in [5.41, 5.74) is 2.12. The fraction of sp³-hybridized carbons (Fsp3) is 0.333. The van der Waals surface area contributed by atoms with E-state index < -0.39 is 0 Å². The molecule has 0 saturated carbocycles. The molecule has 0 saturated heterocycles. The highest BCUT2D eigenvalue weighted by molar-refractivity contribution is 5.77. The lowest BCUT2D eigenvalue weighted by Crippen LogP contribution is -2.27. The van der Waals surface area contributed by atoms with E-state index in [1.807, 2.05) is 48.1 Å². The number of carbonyl (C=O) groups is 1. The van der Waals surface area contributed by atoms with Gasteiger partial charge in [0.25, 0.3) is 0 Å². The van der Waals surface area contributed by atoms with Crippen molar-refractivity contribution >= 4 is 5.91 Å². The van der Waals surface area contributed by atoms with Crippen molar-refractivity contribution in [3.8, 4) is 5.69 Å². The number of nitrogens with zero attached hydrogens (tertiary/aromatic N) is 2. The van der Waals surface area contributed by atoms with E-state index in [9.17, 15) is 4.79 Å². The van der Waals surface area contributed by atoms with Crippen LogP contribution in [0.1, 0.15) is 37.8 Å². The zero-order chi connectivity index (χ0) is 15.4. The summed E-state index contributed by atoms with van der Waals surface area (Å²) >= 11 is 0. The fourth-order valence-electron chi connectivity index (χ4n) is 2.82. The van der Waals surface area contributed by atoms with E-state index in [1.165, 1.54) is 0 Å². The van der Waals surface area contributed by atoms with Crippen molar-refractivity contribution in [3.63, 3.8) is 0 Å². The van der Waals surface area contributed by atoms with Crippen LogP contribution in [0.25, 0.3) is 5.69 Å². The second-order valence-corrected chi connectivity index (χ2v) is 5.80. The molecule has 1 amide bonds. The summed E-state index contributed by atoms with van der Waals surface area (Å²) in [6, 6.07) is 10.0. The molecule has 0 radical (unpaired) electrons. The van der Waals surface area contributed by atoms with Crippen molar-refractivity contribution in [2.24, 2.45) is 5.92 Å². The highest BCUT2D eigenvalue weighted by Crippen LogP contribution is 2.21. The Bertz CT molecular complexity index is 643. The molecule has 1 heterocycles. The van der Waals surface area contributed by atoms with Gasteiger partial charge in [-0.1, -0.05) is 24.3 Å². The number of aromatic nitrogens is 2. The predicted molar refractivity (Wildman–Crippen MR) is 86.6 cm³/mol. The third kappa shape index (κ3) is 3.45. The van der Waals surface area contributed by atoms with Gasteiger partial charge in [0.05, 0.1) is 11.7 Å². The first-order valence-electron chi connectivity index (χ1n) is 7.78. The molecule has 4 heteroatoms. The lowest BCUT2D eigenvalue weighted by molar-refractivity contribution is -0.122. The smallest absolute Gasteiger partial charge is 0.221 e. The van der Waals surface area contributed by atoms with E-state index in [0.29, 0.717) is 12.3 Å². The molecule has 1 N–H and O–H groups in total. The summed E-state index contributed by atoms with van der Waals surface area (Å²) in [5, 5.41) is 7.29. The van der Waals surface area contributed by atoms with Gasteiger partial charge in [-0.15, -0.1) is 0 Å². The van der Waals surface area contributed by atoms with Crippen LogP contribution in [0.4, 0.5) is 0 Å². The second-order valence-electron chi connectivity index (χ2n) is 5.80. The van der Waals surface area contributed by atoms with E-state index in [0.717, 1.165) is 24.1 Å². The van der Waals surface area contributed by atoms with Crippen LogP contribution in [0.5, 0.6) is 0 Å². The first-order valence-corrected chi connectivity index (χ1v) is 7.78. The Kier molecular flexibility index (Phi) is 4.37. The first-order chi connectivity index (χ1) is 10.7. The molecule has 22 heavy (non-hydrogen) atoms. The van der Waals surface area contributed by atoms with E-state index in [4.69, 9.17) is 0 Å². The molecule has 1 aliphatic carbocycles. The molecule has 2 atom stereocenters. The van der Waals surface area contributed by atoms with Crippen LogP contribution in [0, 0.1) is 5.92 Å². The lowest BCUT2D eigenvalue weighted by Gasteiger charge is -2.16. The number of hydrogen-bond acceptors (Lipinski definition) is 2. The maximum atomic E-state index is 12.1. The summed E-state index contributed by atoms with van der Waals surface area (Å²) in [6.45, 7) is 2.02. The van der Waals surface area contributed by atoms with Gasteiger partial charge in [0.1, 0.15) is 0 Å². The normalized spacial score (nSPS) is 18.3. The van der Waals surface area contributed by atoms with Gasteiger partial charge in [0, 0.05) is 18.8 Å². The van der Waals surface area contributed by atoms with Gasteiger partial charge in [-0.3, -0.25) is 4.79 Å². The maximum Gasteiger partial charge on any atom is 0.221 e. The van der Waals surface area contributed by atoms with E-state index in [-0.39, 0.29) is 11.9 Å². The highest BCUT2D eigenvalue weighted by Gasteiger charge is 2.16. The van der Waals surface area contributed by atoms with Crippen LogP contribution in [0.15, 0.2) is 54.9 Å². The number of benzene rings is 1. The molecule has 0 spiro atoms. The summed E-state index contributed by atoms with van der Waals surface area (Å²) in [5.74, 6) is 0.537. The van der Waals surface area contributed by atoms with Gasteiger partial charge in [-0.25, -0.2) is 4.68 Å². The van der Waals surface area contributed by atoms with Crippen molar-refractivity contribution in [3.05, 3.63) is 60.4 Å². The first kappa shape index (κ1) is 14.6. The van der Waals surface area contributed by atoms with E-state index >= 15 is 0 Å². The molecule has 114 valence electrons. The van der Waals surface area contributed by atoms with E-state index in [1.54, 1.807) is 6.20 Å².